The minimum atomic E-state index is -6.00. The highest BCUT2D eigenvalue weighted by molar-refractivity contribution is 6.50. The molecule has 100 valence electrons. The van der Waals surface area contributed by atoms with E-state index in [1.807, 2.05) is 0 Å². The molecule has 0 unspecified atom stereocenters. The highest BCUT2D eigenvalue weighted by Crippen LogP contribution is 2.36. The van der Waals surface area contributed by atoms with Crippen molar-refractivity contribution in [1.29, 1.82) is 5.39 Å². The second-order valence-electron chi connectivity index (χ2n) is 2.76. The van der Waals surface area contributed by atoms with Gasteiger partial charge in [0.1, 0.15) is 0 Å². The maximum atomic E-state index is 12.2. The molecule has 1 aromatic rings. The van der Waals surface area contributed by atoms with Crippen molar-refractivity contribution in [3.63, 3.8) is 0 Å². The van der Waals surface area contributed by atoms with Crippen LogP contribution in [-0.4, -0.2) is 7.25 Å². The van der Waals surface area contributed by atoms with Crippen LogP contribution < -0.4 is 0 Å². The van der Waals surface area contributed by atoms with Gasteiger partial charge in [-0.25, -0.2) is 0 Å². The second kappa shape index (κ2) is 5.90. The van der Waals surface area contributed by atoms with Crippen molar-refractivity contribution >= 4 is 24.5 Å². The Morgan fingerprint density at radius 3 is 1.89 bits per heavy atom. The molecule has 0 aliphatic heterocycles. The summed E-state index contributed by atoms with van der Waals surface area (Å²) in [4.78, 5) is 2.63. The van der Waals surface area contributed by atoms with E-state index in [0.717, 1.165) is 6.07 Å². The lowest BCUT2D eigenvalue weighted by Crippen LogP contribution is -2.05. The lowest BCUT2D eigenvalue weighted by molar-refractivity contribution is -0.137. The Kier molecular flexibility index (Phi) is 5.41. The van der Waals surface area contributed by atoms with E-state index in [4.69, 9.17) is 17.0 Å². The summed E-state index contributed by atoms with van der Waals surface area (Å²) >= 11 is 5.29. The molecule has 0 N–H and O–H groups in total. The predicted molar refractivity (Wildman–Crippen MR) is 51.4 cm³/mol. The largest absolute Gasteiger partial charge is 0.673 e. The molecule has 0 radical (unpaired) electrons. The smallest absolute Gasteiger partial charge is 0.418 e. The van der Waals surface area contributed by atoms with Crippen molar-refractivity contribution in [2.75, 3.05) is 0 Å². The number of halogens is 8. The van der Waals surface area contributed by atoms with E-state index in [1.165, 1.54) is 6.07 Å². The number of hydrogen-bond donors (Lipinski definition) is 0. The highest BCUT2D eigenvalue weighted by Gasteiger charge is 2.34. The van der Waals surface area contributed by atoms with Gasteiger partial charge in [-0.15, -0.1) is 0 Å². The van der Waals surface area contributed by atoms with Gasteiger partial charge in [0.2, 0.25) is 5.39 Å². The molecule has 0 heterocycles. The van der Waals surface area contributed by atoms with Crippen LogP contribution in [0, 0.1) is 5.39 Å². The zero-order valence-electron chi connectivity index (χ0n) is 8.23. The number of nitrogens with zero attached hydrogens (tertiary/aromatic N) is 2. The van der Waals surface area contributed by atoms with Gasteiger partial charge in [-0.05, 0) is 6.07 Å². The minimum Gasteiger partial charge on any atom is -0.418 e. The molecule has 0 aromatic heterocycles. The number of alkyl halides is 3. The molecule has 2 nitrogen and oxygen atoms in total. The van der Waals surface area contributed by atoms with Crippen LogP contribution in [0.25, 0.3) is 4.98 Å². The van der Waals surface area contributed by atoms with E-state index in [9.17, 15) is 30.4 Å². The quantitative estimate of drug-likeness (QED) is 0.370. The van der Waals surface area contributed by atoms with Crippen LogP contribution >= 0.6 is 11.6 Å². The molecule has 0 aliphatic carbocycles. The molecule has 0 amide bonds. The predicted octanol–water partition coefficient (Wildman–Crippen LogP) is 5.14. The summed E-state index contributed by atoms with van der Waals surface area (Å²) in [7, 11) is -6.00. The molecule has 0 bridgehead atoms. The first kappa shape index (κ1) is 16.5. The Hall–Kier alpha value is -1.50. The van der Waals surface area contributed by atoms with E-state index in [-0.39, 0.29) is 5.69 Å². The summed E-state index contributed by atoms with van der Waals surface area (Å²) in [5, 5.41) is 7.82. The molecule has 0 saturated carbocycles. The van der Waals surface area contributed by atoms with Gasteiger partial charge in [0, 0.05) is 12.1 Å². The van der Waals surface area contributed by atoms with Gasteiger partial charge in [0.25, 0.3) is 0 Å². The Bertz CT molecular complexity index is 445. The van der Waals surface area contributed by atoms with Crippen LogP contribution in [-0.2, 0) is 6.18 Å². The van der Waals surface area contributed by atoms with Gasteiger partial charge in [-0.1, -0.05) is 11.6 Å². The Labute approximate surface area is 101 Å². The lowest BCUT2D eigenvalue weighted by Gasteiger charge is -2.05. The van der Waals surface area contributed by atoms with Crippen LogP contribution in [0.5, 0.6) is 0 Å². The Morgan fingerprint density at radius 2 is 1.56 bits per heavy atom. The summed E-state index contributed by atoms with van der Waals surface area (Å²) in [5.41, 5.74) is -1.19. The molecule has 1 rings (SSSR count). The van der Waals surface area contributed by atoms with Crippen LogP contribution in [0.3, 0.4) is 0 Å². The molecule has 0 spiro atoms. The standard InChI is InChI=1S/C7H3ClF3N2.BF4/c8-6-2-1-4(13-12)3-5(6)7(9,10)11;2-1(3,4)5/h1-3H;/q+1;-1. The summed E-state index contributed by atoms with van der Waals surface area (Å²) in [6, 6.07) is 2.87. The first-order valence-corrected chi connectivity index (χ1v) is 4.42. The maximum Gasteiger partial charge on any atom is 0.673 e. The third-order valence-corrected chi connectivity index (χ3v) is 1.70. The number of diazo groups is 1. The lowest BCUT2D eigenvalue weighted by atomic mass is 10.2. The molecule has 0 aliphatic rings. The summed E-state index contributed by atoms with van der Waals surface area (Å²) < 4.78 is 75.5. The zero-order valence-corrected chi connectivity index (χ0v) is 8.98. The SMILES string of the molecule is F[B-](F)(F)F.N#[N+]c1ccc(Cl)c(C(F)(F)F)c1. The highest BCUT2D eigenvalue weighted by atomic mass is 35.5. The normalized spacial score (nSPS) is 11.3. The van der Waals surface area contributed by atoms with Crippen molar-refractivity contribution in [3.05, 3.63) is 33.8 Å². The van der Waals surface area contributed by atoms with Crippen LogP contribution in [0.15, 0.2) is 18.2 Å². The monoisotopic (exact) mass is 294 g/mol. The molecule has 0 atom stereocenters. The fourth-order valence-electron chi connectivity index (χ4n) is 0.793. The molecule has 1 aromatic carbocycles. The maximum absolute atomic E-state index is 12.2. The van der Waals surface area contributed by atoms with Crippen molar-refractivity contribution < 1.29 is 30.4 Å². The first-order chi connectivity index (χ1) is 7.95. The van der Waals surface area contributed by atoms with Gasteiger partial charge in [0.15, 0.2) is 4.98 Å². The van der Waals surface area contributed by atoms with E-state index < -0.39 is 24.0 Å². The van der Waals surface area contributed by atoms with Crippen LogP contribution in [0.4, 0.5) is 36.1 Å². The van der Waals surface area contributed by atoms with Gasteiger partial charge < -0.3 is 17.3 Å². The van der Waals surface area contributed by atoms with Crippen LogP contribution in [0.1, 0.15) is 5.56 Å². The molecule has 11 heteroatoms. The van der Waals surface area contributed by atoms with E-state index in [2.05, 4.69) is 4.98 Å². The van der Waals surface area contributed by atoms with Crippen molar-refractivity contribution in [3.8, 4) is 0 Å². The molecule has 0 saturated heterocycles. The fraction of sp³-hybridized carbons (Fsp3) is 0.143. The van der Waals surface area contributed by atoms with Crippen molar-refractivity contribution in [2.45, 2.75) is 6.18 Å². The molecule has 0 fully saturated rings. The van der Waals surface area contributed by atoms with Gasteiger partial charge >= 0.3 is 19.1 Å². The first-order valence-electron chi connectivity index (χ1n) is 4.04. The van der Waals surface area contributed by atoms with Crippen molar-refractivity contribution in [2.24, 2.45) is 0 Å². The zero-order chi connectivity index (χ0) is 14.6. The Morgan fingerprint density at radius 1 is 1.11 bits per heavy atom. The molecular formula is C7H3BClF7N2. The number of rotatable bonds is 0. The summed E-state index contributed by atoms with van der Waals surface area (Å²) in [6.45, 7) is 0. The molecule has 18 heavy (non-hydrogen) atoms. The van der Waals surface area contributed by atoms with Gasteiger partial charge in [-0.3, -0.25) is 0 Å². The van der Waals surface area contributed by atoms with E-state index in [1.54, 1.807) is 0 Å². The Balaban J connectivity index is 0.000000494. The van der Waals surface area contributed by atoms with E-state index >= 15 is 0 Å². The summed E-state index contributed by atoms with van der Waals surface area (Å²) in [6.07, 6.45) is -4.53. The second-order valence-corrected chi connectivity index (χ2v) is 3.16. The number of benzene rings is 1. The third-order valence-electron chi connectivity index (χ3n) is 1.37. The fourth-order valence-corrected chi connectivity index (χ4v) is 1.02. The topological polar surface area (TPSA) is 28.1 Å². The summed E-state index contributed by atoms with van der Waals surface area (Å²) in [5.74, 6) is 0. The molecular weight excluding hydrogens is 291 g/mol. The van der Waals surface area contributed by atoms with Crippen LogP contribution in [0.2, 0.25) is 5.02 Å². The minimum absolute atomic E-state index is 0.184. The number of hydrogen-bond acceptors (Lipinski definition) is 1. The van der Waals surface area contributed by atoms with E-state index in [0.29, 0.717) is 6.07 Å². The average molecular weight is 294 g/mol. The van der Waals surface area contributed by atoms with Gasteiger partial charge in [0.05, 0.1) is 10.6 Å². The van der Waals surface area contributed by atoms with Crippen molar-refractivity contribution in [1.82, 2.24) is 0 Å². The average Bonchev–Trinajstić information content (AvgIpc) is 2.14. The third kappa shape index (κ3) is 6.95. The van der Waals surface area contributed by atoms with Gasteiger partial charge in [-0.2, -0.15) is 13.2 Å².